The molecule has 1 unspecified atom stereocenters. The first-order chi connectivity index (χ1) is 8.49. The minimum absolute atomic E-state index is 0.146. The third kappa shape index (κ3) is 2.65. The Labute approximate surface area is 110 Å². The number of rotatable bonds is 4. The minimum atomic E-state index is -0.774. The van der Waals surface area contributed by atoms with Crippen molar-refractivity contribution in [3.05, 3.63) is 34.6 Å². The van der Waals surface area contributed by atoms with Crippen LogP contribution >= 0.6 is 11.6 Å². The summed E-state index contributed by atoms with van der Waals surface area (Å²) >= 11 is 5.94. The number of carboxylic acids is 1. The number of nitrogens with zero attached hydrogens (tertiary/aromatic N) is 1. The molecule has 0 spiro atoms. The molecular weight excluding hydrogens is 257 g/mol. The molecule has 1 fully saturated rings. The SMILES string of the molecule is CC(C(=O)O)C1CN(Cc2c(F)cccc2Cl)C1. The highest BCUT2D eigenvalue weighted by atomic mass is 35.5. The quantitative estimate of drug-likeness (QED) is 0.915. The Hall–Kier alpha value is -1.13. The van der Waals surface area contributed by atoms with Gasteiger partial charge in [0.2, 0.25) is 0 Å². The molecule has 0 bridgehead atoms. The van der Waals surface area contributed by atoms with Crippen molar-refractivity contribution < 1.29 is 14.3 Å². The zero-order valence-corrected chi connectivity index (χ0v) is 10.8. The van der Waals surface area contributed by atoms with Crippen molar-refractivity contribution in [3.8, 4) is 0 Å². The van der Waals surface area contributed by atoms with Crippen LogP contribution in [0.4, 0.5) is 4.39 Å². The van der Waals surface area contributed by atoms with Gasteiger partial charge in [-0.2, -0.15) is 0 Å². The number of carboxylic acid groups (broad SMARTS) is 1. The van der Waals surface area contributed by atoms with Crippen LogP contribution in [0.1, 0.15) is 12.5 Å². The predicted octanol–water partition coefficient (Wildman–Crippen LogP) is 2.63. The first-order valence-electron chi connectivity index (χ1n) is 5.87. The van der Waals surface area contributed by atoms with Gasteiger partial charge in [0.25, 0.3) is 0 Å². The van der Waals surface area contributed by atoms with Crippen LogP contribution in [0.3, 0.4) is 0 Å². The van der Waals surface area contributed by atoms with E-state index in [4.69, 9.17) is 16.7 Å². The molecule has 0 aliphatic carbocycles. The fourth-order valence-electron chi connectivity index (χ4n) is 2.16. The van der Waals surface area contributed by atoms with Gasteiger partial charge in [0, 0.05) is 30.2 Å². The molecule has 1 aliphatic rings. The Morgan fingerprint density at radius 1 is 1.61 bits per heavy atom. The Balaban J connectivity index is 1.93. The molecule has 1 aromatic rings. The number of carbonyl (C=O) groups is 1. The molecule has 0 aromatic heterocycles. The third-order valence-electron chi connectivity index (χ3n) is 3.53. The third-order valence-corrected chi connectivity index (χ3v) is 3.88. The highest BCUT2D eigenvalue weighted by molar-refractivity contribution is 6.31. The lowest BCUT2D eigenvalue weighted by atomic mass is 9.87. The number of hydrogen-bond donors (Lipinski definition) is 1. The van der Waals surface area contributed by atoms with E-state index < -0.39 is 5.97 Å². The summed E-state index contributed by atoms with van der Waals surface area (Å²) in [5, 5.41) is 9.30. The highest BCUT2D eigenvalue weighted by Gasteiger charge is 2.34. The summed E-state index contributed by atoms with van der Waals surface area (Å²) in [6, 6.07) is 4.63. The summed E-state index contributed by atoms with van der Waals surface area (Å²) in [6.07, 6.45) is 0. The molecule has 1 heterocycles. The van der Waals surface area contributed by atoms with Crippen molar-refractivity contribution in [1.82, 2.24) is 4.90 Å². The van der Waals surface area contributed by atoms with E-state index in [1.807, 2.05) is 4.90 Å². The summed E-state index contributed by atoms with van der Waals surface area (Å²) in [4.78, 5) is 12.8. The van der Waals surface area contributed by atoms with Crippen LogP contribution in [0.25, 0.3) is 0 Å². The molecule has 5 heteroatoms. The maximum absolute atomic E-state index is 13.5. The molecule has 1 saturated heterocycles. The van der Waals surface area contributed by atoms with E-state index in [0.717, 1.165) is 0 Å². The number of hydrogen-bond acceptors (Lipinski definition) is 2. The monoisotopic (exact) mass is 271 g/mol. The van der Waals surface area contributed by atoms with E-state index in [9.17, 15) is 9.18 Å². The Morgan fingerprint density at radius 3 is 2.83 bits per heavy atom. The van der Waals surface area contributed by atoms with Gasteiger partial charge >= 0.3 is 5.97 Å². The van der Waals surface area contributed by atoms with Gasteiger partial charge in [-0.25, -0.2) is 4.39 Å². The lowest BCUT2D eigenvalue weighted by Crippen LogP contribution is -2.50. The maximum atomic E-state index is 13.5. The lowest BCUT2D eigenvalue weighted by molar-refractivity contribution is -0.145. The molecule has 1 atom stereocenters. The van der Waals surface area contributed by atoms with Crippen LogP contribution < -0.4 is 0 Å². The van der Waals surface area contributed by atoms with E-state index in [1.54, 1.807) is 19.1 Å². The van der Waals surface area contributed by atoms with Gasteiger partial charge in [0.1, 0.15) is 5.82 Å². The predicted molar refractivity (Wildman–Crippen MR) is 67.0 cm³/mol. The second-order valence-corrected chi connectivity index (χ2v) is 5.19. The molecule has 0 saturated carbocycles. The van der Waals surface area contributed by atoms with Crippen molar-refractivity contribution >= 4 is 17.6 Å². The smallest absolute Gasteiger partial charge is 0.306 e. The summed E-state index contributed by atoms with van der Waals surface area (Å²) in [5.41, 5.74) is 0.487. The van der Waals surface area contributed by atoms with E-state index in [-0.39, 0.29) is 17.7 Å². The van der Waals surface area contributed by atoms with Crippen LogP contribution in [-0.4, -0.2) is 29.1 Å². The van der Waals surface area contributed by atoms with Gasteiger partial charge in [-0.3, -0.25) is 9.69 Å². The van der Waals surface area contributed by atoms with Crippen LogP contribution in [0.2, 0.25) is 5.02 Å². The second-order valence-electron chi connectivity index (χ2n) is 4.78. The van der Waals surface area contributed by atoms with Gasteiger partial charge in [-0.05, 0) is 18.1 Å². The fraction of sp³-hybridized carbons (Fsp3) is 0.462. The summed E-state index contributed by atoms with van der Waals surface area (Å²) in [6.45, 7) is 3.50. The normalized spacial score (nSPS) is 18.4. The number of aliphatic carboxylic acids is 1. The van der Waals surface area contributed by atoms with Gasteiger partial charge < -0.3 is 5.11 Å². The molecule has 2 rings (SSSR count). The minimum Gasteiger partial charge on any atom is -0.481 e. The molecule has 0 amide bonds. The molecule has 18 heavy (non-hydrogen) atoms. The number of benzene rings is 1. The van der Waals surface area contributed by atoms with E-state index in [0.29, 0.717) is 30.2 Å². The standard InChI is InChI=1S/C13H15ClFNO2/c1-8(13(17)18)9-5-16(6-9)7-10-11(14)3-2-4-12(10)15/h2-4,8-9H,5-7H2,1H3,(H,17,18). The fourth-order valence-corrected chi connectivity index (χ4v) is 2.39. The zero-order chi connectivity index (χ0) is 13.3. The average molecular weight is 272 g/mol. The largest absolute Gasteiger partial charge is 0.481 e. The van der Waals surface area contributed by atoms with Crippen molar-refractivity contribution in [3.63, 3.8) is 0 Å². The molecule has 1 aromatic carbocycles. The summed E-state index contributed by atoms with van der Waals surface area (Å²) < 4.78 is 13.5. The highest BCUT2D eigenvalue weighted by Crippen LogP contribution is 2.28. The van der Waals surface area contributed by atoms with Crippen molar-refractivity contribution in [1.29, 1.82) is 0 Å². The number of halogens is 2. The number of likely N-dealkylation sites (tertiary alicyclic amines) is 1. The molecule has 3 nitrogen and oxygen atoms in total. The van der Waals surface area contributed by atoms with E-state index in [2.05, 4.69) is 0 Å². The molecule has 0 radical (unpaired) electrons. The summed E-state index contributed by atoms with van der Waals surface area (Å²) in [5.74, 6) is -1.29. The average Bonchev–Trinajstić information content (AvgIpc) is 2.25. The maximum Gasteiger partial charge on any atom is 0.306 e. The topological polar surface area (TPSA) is 40.5 Å². The Kier molecular flexibility index (Phi) is 3.88. The van der Waals surface area contributed by atoms with Gasteiger partial charge in [0.05, 0.1) is 5.92 Å². The van der Waals surface area contributed by atoms with Crippen LogP contribution in [0.5, 0.6) is 0 Å². The van der Waals surface area contributed by atoms with E-state index >= 15 is 0 Å². The van der Waals surface area contributed by atoms with Gasteiger partial charge in [-0.15, -0.1) is 0 Å². The van der Waals surface area contributed by atoms with E-state index in [1.165, 1.54) is 6.07 Å². The van der Waals surface area contributed by atoms with Gasteiger partial charge in [0.15, 0.2) is 0 Å². The van der Waals surface area contributed by atoms with Crippen LogP contribution in [-0.2, 0) is 11.3 Å². The Morgan fingerprint density at radius 2 is 2.28 bits per heavy atom. The molecule has 1 N–H and O–H groups in total. The van der Waals surface area contributed by atoms with Crippen molar-refractivity contribution in [2.75, 3.05) is 13.1 Å². The van der Waals surface area contributed by atoms with Crippen molar-refractivity contribution in [2.24, 2.45) is 11.8 Å². The van der Waals surface area contributed by atoms with Crippen LogP contribution in [0.15, 0.2) is 18.2 Å². The van der Waals surface area contributed by atoms with Gasteiger partial charge in [-0.1, -0.05) is 24.6 Å². The second kappa shape index (κ2) is 5.24. The molecule has 98 valence electrons. The zero-order valence-electron chi connectivity index (χ0n) is 10.1. The first-order valence-corrected chi connectivity index (χ1v) is 6.25. The Bertz CT molecular complexity index is 440. The molecule has 1 aliphatic heterocycles. The first kappa shape index (κ1) is 13.3. The summed E-state index contributed by atoms with van der Waals surface area (Å²) in [7, 11) is 0. The lowest BCUT2D eigenvalue weighted by Gasteiger charge is -2.41. The molecular formula is C13H15ClFNO2. The van der Waals surface area contributed by atoms with Crippen LogP contribution in [0, 0.1) is 17.7 Å². The van der Waals surface area contributed by atoms with Crippen molar-refractivity contribution in [2.45, 2.75) is 13.5 Å².